The molecule has 1 N–H and O–H groups in total. The lowest BCUT2D eigenvalue weighted by atomic mass is 9.91. The molecule has 1 aliphatic heterocycles. The van der Waals surface area contributed by atoms with Crippen molar-refractivity contribution in [1.82, 2.24) is 10.3 Å². The smallest absolute Gasteiger partial charge is 0.269 e. The number of carbonyl (C=O) groups excluding carboxylic acids is 1. The van der Waals surface area contributed by atoms with Gasteiger partial charge in [0.2, 0.25) is 0 Å². The molecule has 1 amide bonds. The van der Waals surface area contributed by atoms with E-state index >= 15 is 0 Å². The van der Waals surface area contributed by atoms with Crippen LogP contribution in [0, 0.1) is 0 Å². The number of pyridine rings is 1. The van der Waals surface area contributed by atoms with E-state index in [-0.39, 0.29) is 17.2 Å². The fraction of sp³-hybridized carbons (Fsp3) is 0.429. The Morgan fingerprint density at radius 3 is 2.70 bits per heavy atom. The highest BCUT2D eigenvalue weighted by Crippen LogP contribution is 2.39. The highest BCUT2D eigenvalue weighted by atomic mass is 19.3. The number of carbonyl (C=O) groups is 1. The fourth-order valence-corrected chi connectivity index (χ4v) is 3.60. The lowest BCUT2D eigenvalue weighted by Gasteiger charge is -2.36. The van der Waals surface area contributed by atoms with Crippen LogP contribution < -0.4 is 10.2 Å². The highest BCUT2D eigenvalue weighted by Gasteiger charge is 2.25. The first-order valence-electron chi connectivity index (χ1n) is 9.36. The maximum Gasteiger partial charge on any atom is 0.269 e. The number of hydrogen-bond acceptors (Lipinski definition) is 3. The number of amides is 1. The normalized spacial score (nSPS) is 14.8. The third kappa shape index (κ3) is 3.80. The third-order valence-corrected chi connectivity index (χ3v) is 5.30. The van der Waals surface area contributed by atoms with Gasteiger partial charge in [-0.1, -0.05) is 13.0 Å². The summed E-state index contributed by atoms with van der Waals surface area (Å²) in [6, 6.07) is 7.08. The first kappa shape index (κ1) is 19.3. The van der Waals surface area contributed by atoms with Gasteiger partial charge < -0.3 is 10.2 Å². The molecule has 1 aromatic carbocycles. The summed E-state index contributed by atoms with van der Waals surface area (Å²) in [5.74, 6) is -0.301. The van der Waals surface area contributed by atoms with E-state index in [1.165, 1.54) is 13.2 Å². The molecule has 0 spiro atoms. The van der Waals surface area contributed by atoms with Crippen LogP contribution in [0.1, 0.15) is 54.7 Å². The van der Waals surface area contributed by atoms with Crippen molar-refractivity contribution in [1.29, 1.82) is 0 Å². The number of aryl methyl sites for hydroxylation is 1. The summed E-state index contributed by atoms with van der Waals surface area (Å²) < 4.78 is 27.7. The molecule has 144 valence electrons. The van der Waals surface area contributed by atoms with Crippen LogP contribution in [0.2, 0.25) is 0 Å². The van der Waals surface area contributed by atoms with Crippen LogP contribution in [0.15, 0.2) is 30.5 Å². The molecule has 2 heterocycles. The molecule has 1 aliphatic rings. The monoisotopic (exact) mass is 373 g/mol. The zero-order valence-corrected chi connectivity index (χ0v) is 15.9. The predicted molar refractivity (Wildman–Crippen MR) is 103 cm³/mol. The van der Waals surface area contributed by atoms with Gasteiger partial charge >= 0.3 is 0 Å². The van der Waals surface area contributed by atoms with Crippen LogP contribution in [0.25, 0.3) is 11.1 Å². The number of rotatable bonds is 5. The van der Waals surface area contributed by atoms with Gasteiger partial charge in [-0.25, -0.2) is 8.78 Å². The molecule has 1 aromatic heterocycles. The van der Waals surface area contributed by atoms with Crippen molar-refractivity contribution >= 4 is 11.6 Å². The van der Waals surface area contributed by atoms with Crippen LogP contribution in [0.4, 0.5) is 14.5 Å². The van der Waals surface area contributed by atoms with Crippen LogP contribution in [0.5, 0.6) is 0 Å². The van der Waals surface area contributed by atoms with Gasteiger partial charge in [0, 0.05) is 42.6 Å². The van der Waals surface area contributed by atoms with E-state index in [1.807, 2.05) is 6.07 Å². The molecule has 1 atom stereocenters. The van der Waals surface area contributed by atoms with E-state index in [0.717, 1.165) is 37.1 Å². The second kappa shape index (κ2) is 8.03. The van der Waals surface area contributed by atoms with Crippen molar-refractivity contribution in [2.75, 3.05) is 18.5 Å². The fourth-order valence-electron chi connectivity index (χ4n) is 3.60. The van der Waals surface area contributed by atoms with Crippen molar-refractivity contribution in [3.05, 3.63) is 47.3 Å². The summed E-state index contributed by atoms with van der Waals surface area (Å²) in [6.07, 6.45) is 1.77. The summed E-state index contributed by atoms with van der Waals surface area (Å²) in [6.45, 7) is 5.14. The maximum atomic E-state index is 13.9. The van der Waals surface area contributed by atoms with E-state index in [0.29, 0.717) is 17.2 Å². The number of benzene rings is 1. The second-order valence-corrected chi connectivity index (χ2v) is 6.93. The standard InChI is InChI=1S/C21H25F2N3O/c1-4-13(2)26-9-5-6-14-10-16(17(20(22)23)11-19(14)26)15-7-8-18(25-12-15)21(27)24-3/h7-8,10-13,20H,4-6,9H2,1-3H3,(H,24,27). The molecular formula is C21H25F2N3O. The average molecular weight is 373 g/mol. The molecule has 0 radical (unpaired) electrons. The predicted octanol–water partition coefficient (Wildman–Crippen LogP) is 4.60. The van der Waals surface area contributed by atoms with Crippen LogP contribution in [-0.4, -0.2) is 30.5 Å². The number of anilines is 1. The highest BCUT2D eigenvalue weighted by molar-refractivity contribution is 5.92. The lowest BCUT2D eigenvalue weighted by molar-refractivity contribution is 0.0958. The van der Waals surface area contributed by atoms with Crippen LogP contribution in [-0.2, 0) is 6.42 Å². The Hall–Kier alpha value is -2.50. The number of alkyl halides is 2. The van der Waals surface area contributed by atoms with E-state index in [9.17, 15) is 13.6 Å². The Kier molecular flexibility index (Phi) is 5.73. The zero-order valence-electron chi connectivity index (χ0n) is 15.9. The molecule has 1 unspecified atom stereocenters. The van der Waals surface area contributed by atoms with E-state index < -0.39 is 6.43 Å². The number of hydrogen-bond donors (Lipinski definition) is 1. The molecule has 2 aromatic rings. The molecule has 0 saturated carbocycles. The van der Waals surface area contributed by atoms with Gasteiger partial charge in [0.05, 0.1) is 0 Å². The quantitative estimate of drug-likeness (QED) is 0.833. The molecule has 0 aliphatic carbocycles. The molecular weight excluding hydrogens is 348 g/mol. The molecule has 6 heteroatoms. The number of nitrogens with one attached hydrogen (secondary N) is 1. The first-order chi connectivity index (χ1) is 13.0. The molecule has 3 rings (SSSR count). The molecule has 0 fully saturated rings. The van der Waals surface area contributed by atoms with Crippen molar-refractivity contribution in [3.63, 3.8) is 0 Å². The first-order valence-corrected chi connectivity index (χ1v) is 9.36. The van der Waals surface area contributed by atoms with Crippen molar-refractivity contribution in [3.8, 4) is 11.1 Å². The van der Waals surface area contributed by atoms with E-state index in [4.69, 9.17) is 0 Å². The largest absolute Gasteiger partial charge is 0.369 e. The minimum atomic E-state index is -2.58. The summed E-state index contributed by atoms with van der Waals surface area (Å²) >= 11 is 0. The summed E-state index contributed by atoms with van der Waals surface area (Å²) in [5.41, 5.74) is 3.38. The molecule has 0 bridgehead atoms. The van der Waals surface area contributed by atoms with Crippen molar-refractivity contribution < 1.29 is 13.6 Å². The lowest BCUT2D eigenvalue weighted by Crippen LogP contribution is -2.37. The zero-order chi connectivity index (χ0) is 19.6. The van der Waals surface area contributed by atoms with Gasteiger partial charge in [-0.15, -0.1) is 0 Å². The number of aromatic nitrogens is 1. The van der Waals surface area contributed by atoms with Crippen molar-refractivity contribution in [2.45, 2.75) is 45.6 Å². The summed E-state index contributed by atoms with van der Waals surface area (Å²) in [7, 11) is 1.53. The van der Waals surface area contributed by atoms with Gasteiger partial charge in [-0.05, 0) is 55.5 Å². The Bertz CT molecular complexity index is 821. The number of halogens is 2. The van der Waals surface area contributed by atoms with Crippen molar-refractivity contribution in [2.24, 2.45) is 0 Å². The average Bonchev–Trinajstić information content (AvgIpc) is 2.71. The SMILES string of the molecule is CCC(C)N1CCCc2cc(-c3ccc(C(=O)NC)nc3)c(C(F)F)cc21. The van der Waals surface area contributed by atoms with E-state index in [1.54, 1.807) is 18.2 Å². The van der Waals surface area contributed by atoms with Gasteiger partial charge in [0.25, 0.3) is 12.3 Å². The Morgan fingerprint density at radius 1 is 1.33 bits per heavy atom. The Labute approximate surface area is 158 Å². The Morgan fingerprint density at radius 2 is 2.11 bits per heavy atom. The summed E-state index contributed by atoms with van der Waals surface area (Å²) in [4.78, 5) is 18.0. The van der Waals surface area contributed by atoms with Gasteiger partial charge in [-0.2, -0.15) is 0 Å². The molecule has 0 saturated heterocycles. The topological polar surface area (TPSA) is 45.2 Å². The minimum absolute atomic E-state index is 0.0125. The number of fused-ring (bicyclic) bond motifs is 1. The van der Waals surface area contributed by atoms with Crippen LogP contribution in [0.3, 0.4) is 0 Å². The second-order valence-electron chi connectivity index (χ2n) is 6.93. The van der Waals surface area contributed by atoms with E-state index in [2.05, 4.69) is 29.0 Å². The van der Waals surface area contributed by atoms with Gasteiger partial charge in [0.1, 0.15) is 5.69 Å². The molecule has 27 heavy (non-hydrogen) atoms. The minimum Gasteiger partial charge on any atom is -0.369 e. The Balaban J connectivity index is 2.07. The third-order valence-electron chi connectivity index (χ3n) is 5.30. The van der Waals surface area contributed by atoms with Crippen LogP contribution >= 0.6 is 0 Å². The maximum absolute atomic E-state index is 13.9. The number of nitrogens with zero attached hydrogens (tertiary/aromatic N) is 2. The summed E-state index contributed by atoms with van der Waals surface area (Å²) in [5, 5.41) is 2.50. The van der Waals surface area contributed by atoms with Gasteiger partial charge in [-0.3, -0.25) is 9.78 Å². The van der Waals surface area contributed by atoms with Gasteiger partial charge in [0.15, 0.2) is 0 Å². The molecule has 4 nitrogen and oxygen atoms in total.